The van der Waals surface area contributed by atoms with Crippen molar-refractivity contribution in [2.24, 2.45) is 0 Å². The van der Waals surface area contributed by atoms with E-state index in [2.05, 4.69) is 10.2 Å². The average molecular weight is 290 g/mol. The molecule has 1 rings (SSSR count). The van der Waals surface area contributed by atoms with Gasteiger partial charge in [0.2, 0.25) is 0 Å². The molecule has 64 valence electrons. The summed E-state index contributed by atoms with van der Waals surface area (Å²) in [4.78, 5) is 0. The second-order valence-corrected chi connectivity index (χ2v) is 5.68. The molecule has 0 aromatic rings. The topological polar surface area (TPSA) is 44.8 Å². The molecular weight excluding hydrogens is 282 g/mol. The Labute approximate surface area is 75.4 Å². The molecule has 0 bridgehead atoms. The van der Waals surface area contributed by atoms with Crippen molar-refractivity contribution < 1.29 is 16.5 Å². The van der Waals surface area contributed by atoms with Crippen LogP contribution in [-0.2, 0) is 16.5 Å². The van der Waals surface area contributed by atoms with Crippen molar-refractivity contribution >= 4 is 32.6 Å². The van der Waals surface area contributed by atoms with E-state index < -0.39 is 29.0 Å². The van der Waals surface area contributed by atoms with Crippen LogP contribution in [0.1, 0.15) is 6.42 Å². The number of hydrogen-bond donors (Lipinski definition) is 0. The predicted octanol–water partition coefficient (Wildman–Crippen LogP) is 2.02. The van der Waals surface area contributed by atoms with Crippen molar-refractivity contribution in [1.29, 1.82) is 0 Å². The molecule has 0 radical (unpaired) electrons. The van der Waals surface area contributed by atoms with Gasteiger partial charge in [0.05, 0.1) is 13.2 Å². The minimum atomic E-state index is -3.18. The molecule has 1 aliphatic rings. The van der Waals surface area contributed by atoms with Crippen molar-refractivity contribution in [3.63, 3.8) is 0 Å². The highest BCUT2D eigenvalue weighted by molar-refractivity contribution is 14.2. The van der Waals surface area contributed by atoms with E-state index in [0.717, 1.165) is 6.42 Å². The molecule has 0 unspecified atom stereocenters. The van der Waals surface area contributed by atoms with E-state index in [-0.39, 0.29) is 0 Å². The molecule has 1 heterocycles. The van der Waals surface area contributed by atoms with Gasteiger partial charge in [-0.3, -0.25) is 9.05 Å². The molecule has 1 saturated heterocycles. The summed E-state index contributed by atoms with van der Waals surface area (Å²) in [5.74, 6) is 0. The van der Waals surface area contributed by atoms with Gasteiger partial charge in [-0.25, -0.2) is 7.42 Å². The van der Waals surface area contributed by atoms with Crippen LogP contribution in [0.15, 0.2) is 6.58 Å². The molecule has 0 amide bonds. The summed E-state index contributed by atoms with van der Waals surface area (Å²) in [7, 11) is -3.18. The largest absolute Gasteiger partial charge is 0.484 e. The monoisotopic (exact) mass is 290 g/mol. The second kappa shape index (κ2) is 4.50. The zero-order valence-corrected chi connectivity index (χ0v) is 8.84. The van der Waals surface area contributed by atoms with Gasteiger partial charge >= 0.3 is 7.82 Å². The highest BCUT2D eigenvalue weighted by atomic mass is 127. The van der Waals surface area contributed by atoms with Gasteiger partial charge in [-0.05, 0) is 13.0 Å². The number of hydrogen-bond acceptors (Lipinski definition) is 4. The standard InChI is InChI=1S/C5H8IO4P/c1-2-6-10-11(7)8-4-3-5-9-11/h1,3-5H2. The summed E-state index contributed by atoms with van der Waals surface area (Å²) in [5, 5.41) is 0. The van der Waals surface area contributed by atoms with Gasteiger partial charge < -0.3 is 0 Å². The predicted molar refractivity (Wildman–Crippen MR) is 49.9 cm³/mol. The maximum atomic E-state index is 11.3. The third-order valence-corrected chi connectivity index (χ3v) is 4.55. The van der Waals surface area contributed by atoms with Crippen LogP contribution < -0.4 is 0 Å². The van der Waals surface area contributed by atoms with Crippen molar-refractivity contribution in [3.8, 4) is 0 Å². The second-order valence-electron chi connectivity index (χ2n) is 1.75. The lowest BCUT2D eigenvalue weighted by molar-refractivity contribution is 0.116. The van der Waals surface area contributed by atoms with E-state index >= 15 is 0 Å². The Morgan fingerprint density at radius 2 is 2.18 bits per heavy atom. The maximum absolute atomic E-state index is 11.3. The van der Waals surface area contributed by atoms with Gasteiger partial charge in [0.25, 0.3) is 0 Å². The van der Waals surface area contributed by atoms with Crippen LogP contribution in [0, 0.1) is 0 Å². The molecule has 0 aliphatic carbocycles. The van der Waals surface area contributed by atoms with Gasteiger partial charge in [-0.2, -0.15) is 0 Å². The lowest BCUT2D eigenvalue weighted by Crippen LogP contribution is -2.07. The van der Waals surface area contributed by atoms with E-state index in [1.54, 1.807) is 0 Å². The smallest absolute Gasteiger partial charge is 0.286 e. The van der Waals surface area contributed by atoms with E-state index in [0.29, 0.717) is 13.2 Å². The van der Waals surface area contributed by atoms with Crippen molar-refractivity contribution in [1.82, 2.24) is 0 Å². The summed E-state index contributed by atoms with van der Waals surface area (Å²) in [6, 6.07) is 0. The fourth-order valence-electron chi connectivity index (χ4n) is 0.555. The Hall–Kier alpha value is 0.490. The van der Waals surface area contributed by atoms with E-state index in [1.807, 2.05) is 0 Å². The molecule has 0 N–H and O–H groups in total. The van der Waals surface area contributed by atoms with Crippen LogP contribution in [0.3, 0.4) is 0 Å². The van der Waals surface area contributed by atoms with Gasteiger partial charge in [-0.1, -0.05) is 3.67 Å². The van der Waals surface area contributed by atoms with Crippen LogP contribution in [0.2, 0.25) is 0 Å². The molecule has 0 spiro atoms. The van der Waals surface area contributed by atoms with Crippen molar-refractivity contribution in [2.75, 3.05) is 13.2 Å². The highest BCUT2D eigenvalue weighted by Gasteiger charge is 2.29. The maximum Gasteiger partial charge on any atom is 0.484 e. The highest BCUT2D eigenvalue weighted by Crippen LogP contribution is 2.54. The zero-order chi connectivity index (χ0) is 8.16. The number of halogens is 1. The zero-order valence-electron chi connectivity index (χ0n) is 5.79. The summed E-state index contributed by atoms with van der Waals surface area (Å²) >= 11 is -0.821. The molecule has 6 heteroatoms. The lowest BCUT2D eigenvalue weighted by atomic mass is 10.5. The Morgan fingerprint density at radius 3 is 2.73 bits per heavy atom. The van der Waals surface area contributed by atoms with Crippen LogP contribution in [0.4, 0.5) is 0 Å². The Bertz CT molecular complexity index is 213. The van der Waals surface area contributed by atoms with E-state index in [4.69, 9.17) is 11.9 Å². The average Bonchev–Trinajstić information content (AvgIpc) is 2.03. The van der Waals surface area contributed by atoms with Crippen LogP contribution in [0.5, 0.6) is 0 Å². The summed E-state index contributed by atoms with van der Waals surface area (Å²) in [6.45, 7) is 4.23. The summed E-state index contributed by atoms with van der Waals surface area (Å²) in [6.07, 6.45) is 0.767. The number of phosphoric ester groups is 1. The third kappa shape index (κ3) is 3.15. The fourth-order valence-corrected chi connectivity index (χ4v) is 3.37. The van der Waals surface area contributed by atoms with Gasteiger partial charge in [0, 0.05) is 0 Å². The molecule has 0 aromatic heterocycles. The molecule has 11 heavy (non-hydrogen) atoms. The summed E-state index contributed by atoms with van der Waals surface area (Å²) in [5.41, 5.74) is 0. The molecule has 1 fully saturated rings. The van der Waals surface area contributed by atoms with Crippen LogP contribution >= 0.6 is 29.0 Å². The van der Waals surface area contributed by atoms with E-state index in [1.165, 1.54) is 0 Å². The minimum Gasteiger partial charge on any atom is -0.286 e. The lowest BCUT2D eigenvalue weighted by Gasteiger charge is -2.19. The van der Waals surface area contributed by atoms with Gasteiger partial charge in [0.15, 0.2) is 0 Å². The fraction of sp³-hybridized carbons (Fsp3) is 0.600. The Morgan fingerprint density at radius 1 is 1.55 bits per heavy atom. The number of rotatable bonds is 2. The first-order chi connectivity index (χ1) is 5.27. The quantitative estimate of drug-likeness (QED) is 0.576. The first-order valence-corrected chi connectivity index (χ1v) is 6.42. The normalized spacial score (nSPS) is 22.5. The Balaban J connectivity index is 2.50. The molecule has 0 atom stereocenters. The molecule has 0 aromatic carbocycles. The SMILES string of the molecule is C=C=IOP1(=O)OCCCO1. The van der Waals surface area contributed by atoms with Gasteiger partial charge in [0.1, 0.15) is 21.1 Å². The van der Waals surface area contributed by atoms with E-state index in [9.17, 15) is 4.57 Å². The molecular formula is C5H8IO4P. The first kappa shape index (κ1) is 9.58. The molecule has 4 nitrogen and oxygen atoms in total. The minimum absolute atomic E-state index is 0.443. The van der Waals surface area contributed by atoms with Crippen molar-refractivity contribution in [2.45, 2.75) is 6.42 Å². The summed E-state index contributed by atoms with van der Waals surface area (Å²) < 4.78 is 28.4. The molecule has 1 aliphatic heterocycles. The van der Waals surface area contributed by atoms with Gasteiger partial charge in [-0.15, -0.1) is 0 Å². The Kier molecular flexibility index (Phi) is 3.92. The van der Waals surface area contributed by atoms with Crippen LogP contribution in [0.25, 0.3) is 0 Å². The van der Waals surface area contributed by atoms with Crippen molar-refractivity contribution in [3.05, 3.63) is 6.58 Å². The van der Waals surface area contributed by atoms with Crippen LogP contribution in [-0.4, -0.2) is 16.9 Å². The third-order valence-electron chi connectivity index (χ3n) is 0.961. The molecule has 0 saturated carbocycles. The number of phosphoric acid groups is 1. The first-order valence-electron chi connectivity index (χ1n) is 3.00.